The Hall–Kier alpha value is -2.70. The van der Waals surface area contributed by atoms with E-state index in [0.717, 1.165) is 24.1 Å². The van der Waals surface area contributed by atoms with Gasteiger partial charge in [0.05, 0.1) is 0 Å². The van der Waals surface area contributed by atoms with Gasteiger partial charge in [-0.2, -0.15) is 4.68 Å². The number of rotatable bonds is 1. The predicted octanol–water partition coefficient (Wildman–Crippen LogP) is 1.40. The summed E-state index contributed by atoms with van der Waals surface area (Å²) in [6.45, 7) is 0. The molecular formula is C14H13N5O2. The number of anilines is 1. The third-order valence-electron chi connectivity index (χ3n) is 3.92. The number of carbonyl (C=O) groups excluding carboxylic acids is 1. The van der Waals surface area contributed by atoms with E-state index < -0.39 is 0 Å². The number of fused-ring (bicyclic) bond motifs is 1. The summed E-state index contributed by atoms with van der Waals surface area (Å²) in [5.74, 6) is 0.793. The second-order valence-electron chi connectivity index (χ2n) is 5.24. The van der Waals surface area contributed by atoms with Gasteiger partial charge in [0, 0.05) is 17.7 Å². The van der Waals surface area contributed by atoms with Crippen molar-refractivity contribution in [3.05, 3.63) is 41.1 Å². The number of nitrogens with one attached hydrogen (secondary N) is 1. The lowest BCUT2D eigenvalue weighted by atomic mass is 9.85. The van der Waals surface area contributed by atoms with E-state index in [1.165, 1.54) is 0 Å². The SMILES string of the molecule is O=C1CCCC2=C1C(c1cccc(O)c1)n1nnnc1N2. The summed E-state index contributed by atoms with van der Waals surface area (Å²) in [5.41, 5.74) is 2.39. The molecule has 0 bridgehead atoms. The van der Waals surface area contributed by atoms with Gasteiger partial charge in [-0.1, -0.05) is 17.2 Å². The van der Waals surface area contributed by atoms with E-state index in [1.807, 2.05) is 6.07 Å². The van der Waals surface area contributed by atoms with Crippen molar-refractivity contribution in [1.82, 2.24) is 20.2 Å². The van der Waals surface area contributed by atoms with E-state index in [-0.39, 0.29) is 17.6 Å². The van der Waals surface area contributed by atoms with Gasteiger partial charge in [0.2, 0.25) is 5.95 Å². The molecule has 2 N–H and O–H groups in total. The number of phenolic OH excluding ortho intramolecular Hbond substituents is 1. The quantitative estimate of drug-likeness (QED) is 0.821. The average Bonchev–Trinajstić information content (AvgIpc) is 2.93. The smallest absolute Gasteiger partial charge is 0.248 e. The van der Waals surface area contributed by atoms with Gasteiger partial charge in [-0.3, -0.25) is 4.79 Å². The maximum Gasteiger partial charge on any atom is 0.248 e. The van der Waals surface area contributed by atoms with Gasteiger partial charge >= 0.3 is 0 Å². The molecule has 2 aromatic rings. The molecule has 0 saturated heterocycles. The number of aromatic nitrogens is 4. The Bertz CT molecular complexity index is 764. The lowest BCUT2D eigenvalue weighted by molar-refractivity contribution is -0.116. The van der Waals surface area contributed by atoms with E-state index in [2.05, 4.69) is 20.8 Å². The molecule has 7 heteroatoms. The minimum Gasteiger partial charge on any atom is -0.508 e. The van der Waals surface area contributed by atoms with E-state index >= 15 is 0 Å². The highest BCUT2D eigenvalue weighted by Gasteiger charge is 2.36. The topological polar surface area (TPSA) is 92.9 Å². The number of aromatic hydroxyl groups is 1. The van der Waals surface area contributed by atoms with Gasteiger partial charge in [0.1, 0.15) is 11.8 Å². The number of tetrazole rings is 1. The van der Waals surface area contributed by atoms with Crippen LogP contribution in [0.2, 0.25) is 0 Å². The first-order valence-corrected chi connectivity index (χ1v) is 6.84. The third kappa shape index (κ3) is 1.81. The van der Waals surface area contributed by atoms with E-state index in [0.29, 0.717) is 17.9 Å². The van der Waals surface area contributed by atoms with Gasteiger partial charge in [-0.25, -0.2) is 0 Å². The summed E-state index contributed by atoms with van der Waals surface area (Å²) >= 11 is 0. The van der Waals surface area contributed by atoms with Crippen LogP contribution in [0.5, 0.6) is 5.75 Å². The number of Topliss-reactive ketones (excluding diaryl/α,β-unsaturated/α-hetero) is 1. The van der Waals surface area contributed by atoms with Crippen LogP contribution in [0.4, 0.5) is 5.95 Å². The van der Waals surface area contributed by atoms with Crippen LogP contribution in [0.25, 0.3) is 0 Å². The van der Waals surface area contributed by atoms with Crippen molar-refractivity contribution >= 4 is 11.7 Å². The molecule has 4 rings (SSSR count). The van der Waals surface area contributed by atoms with Crippen molar-refractivity contribution in [2.45, 2.75) is 25.3 Å². The first-order chi connectivity index (χ1) is 10.2. The Kier molecular flexibility index (Phi) is 2.53. The number of carbonyl (C=O) groups is 1. The highest BCUT2D eigenvalue weighted by Crippen LogP contribution is 2.39. The molecule has 1 unspecified atom stereocenters. The van der Waals surface area contributed by atoms with Gasteiger partial charge in [0.15, 0.2) is 5.78 Å². The summed E-state index contributed by atoms with van der Waals surface area (Å²) in [4.78, 5) is 12.4. The predicted molar refractivity (Wildman–Crippen MR) is 73.6 cm³/mol. The highest BCUT2D eigenvalue weighted by atomic mass is 16.3. The van der Waals surface area contributed by atoms with Crippen molar-refractivity contribution in [2.24, 2.45) is 0 Å². The zero-order valence-electron chi connectivity index (χ0n) is 11.2. The summed E-state index contributed by atoms with van der Waals surface area (Å²) < 4.78 is 1.59. The van der Waals surface area contributed by atoms with Crippen LogP contribution < -0.4 is 5.32 Å². The van der Waals surface area contributed by atoms with Crippen LogP contribution in [0, 0.1) is 0 Å². The van der Waals surface area contributed by atoms with E-state index in [9.17, 15) is 9.90 Å². The lowest BCUT2D eigenvalue weighted by Gasteiger charge is -2.31. The Morgan fingerprint density at radius 1 is 1.33 bits per heavy atom. The lowest BCUT2D eigenvalue weighted by Crippen LogP contribution is -2.31. The Balaban J connectivity index is 1.93. The Morgan fingerprint density at radius 3 is 3.10 bits per heavy atom. The van der Waals surface area contributed by atoms with Crippen molar-refractivity contribution in [1.29, 1.82) is 0 Å². The number of nitrogens with zero attached hydrogens (tertiary/aromatic N) is 4. The minimum absolute atomic E-state index is 0.109. The molecule has 1 atom stereocenters. The molecule has 1 aromatic carbocycles. The largest absolute Gasteiger partial charge is 0.508 e. The molecule has 1 aliphatic heterocycles. The van der Waals surface area contributed by atoms with Crippen molar-refractivity contribution in [3.8, 4) is 5.75 Å². The highest BCUT2D eigenvalue weighted by molar-refractivity contribution is 5.99. The molecule has 106 valence electrons. The summed E-state index contributed by atoms with van der Waals surface area (Å²) in [5, 5.41) is 24.5. The van der Waals surface area contributed by atoms with Crippen LogP contribution in [0.15, 0.2) is 35.5 Å². The number of benzene rings is 1. The molecule has 2 heterocycles. The molecule has 7 nitrogen and oxygen atoms in total. The summed E-state index contributed by atoms with van der Waals surface area (Å²) in [6.07, 6.45) is 2.18. The Morgan fingerprint density at radius 2 is 2.24 bits per heavy atom. The van der Waals surface area contributed by atoms with E-state index in [1.54, 1.807) is 22.9 Å². The fourth-order valence-corrected chi connectivity index (χ4v) is 3.02. The monoisotopic (exact) mass is 283 g/mol. The zero-order valence-corrected chi connectivity index (χ0v) is 11.2. The molecule has 1 aliphatic carbocycles. The van der Waals surface area contributed by atoms with Crippen LogP contribution in [0.1, 0.15) is 30.9 Å². The maximum atomic E-state index is 12.4. The van der Waals surface area contributed by atoms with Crippen molar-refractivity contribution < 1.29 is 9.90 Å². The summed E-state index contributed by atoms with van der Waals surface area (Å²) in [6, 6.07) is 6.49. The molecular weight excluding hydrogens is 270 g/mol. The number of hydrogen-bond acceptors (Lipinski definition) is 6. The normalized spacial score (nSPS) is 20.8. The van der Waals surface area contributed by atoms with Gasteiger partial charge in [-0.15, -0.1) is 0 Å². The van der Waals surface area contributed by atoms with Gasteiger partial charge < -0.3 is 10.4 Å². The summed E-state index contributed by atoms with van der Waals surface area (Å²) in [7, 11) is 0. The molecule has 1 aromatic heterocycles. The van der Waals surface area contributed by atoms with Crippen LogP contribution >= 0.6 is 0 Å². The fourth-order valence-electron chi connectivity index (χ4n) is 3.02. The second-order valence-corrected chi connectivity index (χ2v) is 5.24. The van der Waals surface area contributed by atoms with Gasteiger partial charge in [-0.05, 0) is 41.0 Å². The number of phenols is 1. The first-order valence-electron chi connectivity index (χ1n) is 6.84. The van der Waals surface area contributed by atoms with E-state index in [4.69, 9.17) is 0 Å². The minimum atomic E-state index is -0.383. The standard InChI is InChI=1S/C14H13N5O2/c20-9-4-1-3-8(7-9)13-12-10(5-2-6-11(12)21)15-14-16-17-18-19(13)14/h1,3-4,7,13,20H,2,5-6H2,(H,15,16,18). The molecule has 2 aliphatic rings. The molecule has 0 amide bonds. The molecule has 0 fully saturated rings. The van der Waals surface area contributed by atoms with Crippen LogP contribution in [-0.2, 0) is 4.79 Å². The zero-order chi connectivity index (χ0) is 14.4. The first kappa shape index (κ1) is 12.1. The fraction of sp³-hybridized carbons (Fsp3) is 0.286. The molecule has 21 heavy (non-hydrogen) atoms. The average molecular weight is 283 g/mol. The van der Waals surface area contributed by atoms with Crippen LogP contribution in [-0.4, -0.2) is 31.1 Å². The number of ketones is 1. The van der Waals surface area contributed by atoms with Crippen molar-refractivity contribution in [2.75, 3.05) is 5.32 Å². The van der Waals surface area contributed by atoms with Gasteiger partial charge in [0.25, 0.3) is 0 Å². The molecule has 0 spiro atoms. The number of allylic oxidation sites excluding steroid dienone is 2. The molecule has 0 radical (unpaired) electrons. The third-order valence-corrected chi connectivity index (χ3v) is 3.92. The Labute approximate surface area is 120 Å². The molecule has 0 saturated carbocycles. The maximum absolute atomic E-state index is 12.4. The van der Waals surface area contributed by atoms with Crippen LogP contribution in [0.3, 0.4) is 0 Å². The number of hydrogen-bond donors (Lipinski definition) is 2. The van der Waals surface area contributed by atoms with Crippen molar-refractivity contribution in [3.63, 3.8) is 0 Å². The second kappa shape index (κ2) is 4.41.